The van der Waals surface area contributed by atoms with Crippen LogP contribution in [0.3, 0.4) is 0 Å². The summed E-state index contributed by atoms with van der Waals surface area (Å²) in [6.45, 7) is 110. The molecule has 0 saturated carbocycles. The van der Waals surface area contributed by atoms with E-state index in [4.69, 9.17) is 19.7 Å². The minimum atomic E-state index is -5.84. The van der Waals surface area contributed by atoms with Gasteiger partial charge in [-0.1, -0.05) is 457 Å². The van der Waals surface area contributed by atoms with E-state index in [9.17, 15) is 13.6 Å². The lowest BCUT2D eigenvalue weighted by Crippen LogP contribution is -2.44. The second-order valence-electron chi connectivity index (χ2n) is 47.4. The Morgan fingerprint density at radius 3 is 0.477 bits per heavy atom. The fourth-order valence-electron chi connectivity index (χ4n) is 18.8. The highest BCUT2D eigenvalue weighted by atomic mass is 31.2. The Bertz CT molecular complexity index is 4020. The summed E-state index contributed by atoms with van der Waals surface area (Å²) in [5.41, 5.74) is 12.2. The molecule has 0 unspecified atom stereocenters. The Kier molecular flexibility index (Phi) is 37.9. The first kappa shape index (κ1) is 111. The fourth-order valence-corrected chi connectivity index (χ4v) is 20.9. The monoisotopic (exact) mass is 1770 g/mol. The SMILES string of the molecule is C=C(CCCCCC)C(OP(=O)(OC(C(=C)CCCCCC)(c1ccc(C(C)(C)CC)cc1C(C)(C)CC)c1ccc(C(C)(C)CC)cc1C(C)(C)CC)OC(C(=C)CCCCCC)(c1ccc(C(C)(C)CC)cc1C(C)(C)CC)c1ccc(C(C)(C)CC)cc1C(C)(C)CC)(c1ccc(C(C)(C)CC)cc1C(C)(C)CC)c1ccc(C(C)(C)CC)cc1C(C)(C)CC. The molecule has 0 N–H and O–H groups in total. The van der Waals surface area contributed by atoms with Crippen LogP contribution in [0.1, 0.15) is 544 Å². The lowest BCUT2D eigenvalue weighted by Gasteiger charge is -2.50. The van der Waals surface area contributed by atoms with Crippen LogP contribution < -0.4 is 0 Å². The van der Waals surface area contributed by atoms with Gasteiger partial charge in [0.05, 0.1) is 0 Å². The topological polar surface area (TPSA) is 44.8 Å². The maximum Gasteiger partial charge on any atom is 0.479 e. The van der Waals surface area contributed by atoms with Gasteiger partial charge in [-0.2, -0.15) is 0 Å². The maximum atomic E-state index is 22.2. The van der Waals surface area contributed by atoms with Crippen LogP contribution in [0.4, 0.5) is 0 Å². The molecule has 0 heterocycles. The summed E-state index contributed by atoms with van der Waals surface area (Å²) in [4.78, 5) is 0. The Hall–Kier alpha value is -5.35. The molecule has 0 spiro atoms. The first-order valence-corrected chi connectivity index (χ1v) is 53.5. The standard InChI is InChI=1S/C123H195O4P/c1-43-58-61-64-67-88(16)121(97-76-70-91(109(19,20)46-4)82-103(97)115(31,32)52-10,98-77-71-92(110(21,22)47-5)83-104(98)116(33,34)53-11)125-128(124,126-122(89(17)68-65-62-59-44-2,99-78-72-93(111(23,24)48-6)84-105(99)117(35,36)54-12)100-79-73-94(112(25,26)49-7)85-106(100)118(37,38)55-13)127-123(90(18)69-66-63-60-45-3,101-80-74-95(113(27,28)50-8)86-107(101)119(39,40)56-14)102-81-75-96(114(29,30)51-9)87-108(102)120(41,42)57-15/h70-87H,16-18,43-69H2,1-15,19-42H3. The molecular formula is C123H195O4P. The minimum absolute atomic E-state index is 0.230. The van der Waals surface area contributed by atoms with Crippen LogP contribution >= 0.6 is 7.82 Å². The van der Waals surface area contributed by atoms with Gasteiger partial charge in [-0.05, 0) is 297 Å². The van der Waals surface area contributed by atoms with Gasteiger partial charge in [-0.25, -0.2) is 4.57 Å². The summed E-state index contributed by atoms with van der Waals surface area (Å²) in [5, 5.41) is 0. The molecule has 0 aliphatic carbocycles. The molecule has 0 bridgehead atoms. The maximum absolute atomic E-state index is 22.2. The van der Waals surface area contributed by atoms with Crippen molar-refractivity contribution >= 4 is 7.82 Å². The highest BCUT2D eigenvalue weighted by Crippen LogP contribution is 2.72. The number of hydrogen-bond donors (Lipinski definition) is 0. The highest BCUT2D eigenvalue weighted by molar-refractivity contribution is 7.48. The van der Waals surface area contributed by atoms with Gasteiger partial charge in [0.1, 0.15) is 0 Å². The van der Waals surface area contributed by atoms with Gasteiger partial charge < -0.3 is 0 Å². The first-order chi connectivity index (χ1) is 59.3. The predicted octanol–water partition coefficient (Wildman–Crippen LogP) is 38.8. The van der Waals surface area contributed by atoms with Crippen LogP contribution in [-0.4, -0.2) is 0 Å². The van der Waals surface area contributed by atoms with Crippen molar-refractivity contribution in [3.63, 3.8) is 0 Å². The third-order valence-corrected chi connectivity index (χ3v) is 35.8. The number of rotatable bonds is 54. The van der Waals surface area contributed by atoms with Crippen molar-refractivity contribution in [2.45, 2.75) is 525 Å². The molecule has 716 valence electrons. The van der Waals surface area contributed by atoms with E-state index in [0.29, 0.717) is 19.3 Å². The van der Waals surface area contributed by atoms with Crippen molar-refractivity contribution in [2.75, 3.05) is 0 Å². The molecule has 4 nitrogen and oxygen atoms in total. The van der Waals surface area contributed by atoms with Gasteiger partial charge in [-0.3, -0.25) is 13.6 Å². The Morgan fingerprint density at radius 1 is 0.211 bits per heavy atom. The third kappa shape index (κ3) is 23.6. The van der Waals surface area contributed by atoms with Gasteiger partial charge in [0.25, 0.3) is 0 Å². The van der Waals surface area contributed by atoms with Crippen molar-refractivity contribution in [1.82, 2.24) is 0 Å². The van der Waals surface area contributed by atoms with E-state index in [2.05, 4.69) is 379 Å². The van der Waals surface area contributed by atoms with Crippen LogP contribution in [0.2, 0.25) is 0 Å². The summed E-state index contributed by atoms with van der Waals surface area (Å²) in [6.07, 6.45) is 23.6. The number of phosphoric ester groups is 1. The van der Waals surface area contributed by atoms with E-state index in [1.807, 2.05) is 0 Å². The average Bonchev–Trinajstić information content (AvgIpc) is 0.695. The summed E-state index contributed by atoms with van der Waals surface area (Å²) >= 11 is 0. The Morgan fingerprint density at radius 2 is 0.352 bits per heavy atom. The van der Waals surface area contributed by atoms with Crippen LogP contribution in [-0.2, 0) is 99.9 Å². The minimum Gasteiger partial charge on any atom is -0.266 e. The molecule has 0 radical (unpaired) electrons. The zero-order valence-corrected chi connectivity index (χ0v) is 91.6. The zero-order valence-electron chi connectivity index (χ0n) is 90.7. The Labute approximate surface area is 791 Å². The molecule has 0 aliphatic heterocycles. The number of hydrogen-bond acceptors (Lipinski definition) is 4. The lowest BCUT2D eigenvalue weighted by molar-refractivity contribution is -0.0199. The molecule has 6 aromatic rings. The van der Waals surface area contributed by atoms with Gasteiger partial charge in [0, 0.05) is 0 Å². The van der Waals surface area contributed by atoms with E-state index < -0.39 is 57.1 Å². The average molecular weight is 1770 g/mol. The fraction of sp³-hybridized carbons (Fsp3) is 0.659. The second kappa shape index (κ2) is 43.5. The molecule has 0 atom stereocenters. The van der Waals surface area contributed by atoms with Gasteiger partial charge >= 0.3 is 7.82 Å². The summed E-state index contributed by atoms with van der Waals surface area (Å²) in [7, 11) is -5.84. The van der Waals surface area contributed by atoms with Crippen LogP contribution in [0.15, 0.2) is 146 Å². The van der Waals surface area contributed by atoms with Crippen molar-refractivity contribution in [2.24, 2.45) is 0 Å². The molecule has 6 rings (SSSR count). The van der Waals surface area contributed by atoms with E-state index in [0.717, 1.165) is 238 Å². The molecule has 0 amide bonds. The molecule has 0 aliphatic rings. The third-order valence-electron chi connectivity index (χ3n) is 34.3. The second-order valence-corrected chi connectivity index (χ2v) is 48.9. The van der Waals surface area contributed by atoms with Gasteiger partial charge in [0.15, 0.2) is 16.8 Å². The van der Waals surface area contributed by atoms with E-state index in [1.54, 1.807) is 0 Å². The van der Waals surface area contributed by atoms with Crippen LogP contribution in [0.25, 0.3) is 0 Å². The van der Waals surface area contributed by atoms with E-state index in [1.165, 1.54) is 33.4 Å². The highest BCUT2D eigenvalue weighted by Gasteiger charge is 2.61. The molecule has 0 saturated heterocycles. The Balaban J connectivity index is 2.44. The summed E-state index contributed by atoms with van der Waals surface area (Å²) < 4.78 is 51.2. The zero-order chi connectivity index (χ0) is 97.1. The predicted molar refractivity (Wildman–Crippen MR) is 565 cm³/mol. The van der Waals surface area contributed by atoms with E-state index >= 15 is 4.57 Å². The summed E-state index contributed by atoms with van der Waals surface area (Å²) in [6, 6.07) is 44.2. The number of unbranched alkanes of at least 4 members (excludes halogenated alkanes) is 9. The first-order valence-electron chi connectivity index (χ1n) is 52.0. The summed E-state index contributed by atoms with van der Waals surface area (Å²) in [5.74, 6) is 0. The molecular weight excluding hydrogens is 1570 g/mol. The van der Waals surface area contributed by atoms with Crippen LogP contribution in [0.5, 0.6) is 0 Å². The molecule has 5 heteroatoms. The molecule has 0 aromatic heterocycles. The van der Waals surface area contributed by atoms with Crippen LogP contribution in [0, 0.1) is 0 Å². The van der Waals surface area contributed by atoms with Crippen molar-refractivity contribution < 1.29 is 18.1 Å². The van der Waals surface area contributed by atoms with Crippen molar-refractivity contribution in [3.8, 4) is 0 Å². The quantitative estimate of drug-likeness (QED) is 0.0217. The van der Waals surface area contributed by atoms with Gasteiger partial charge in [0.2, 0.25) is 0 Å². The molecule has 6 aromatic carbocycles. The molecule has 0 fully saturated rings. The number of benzene rings is 6. The largest absolute Gasteiger partial charge is 0.479 e. The van der Waals surface area contributed by atoms with Crippen molar-refractivity contribution in [1.29, 1.82) is 0 Å². The number of phosphoric acid groups is 1. The lowest BCUT2D eigenvalue weighted by atomic mass is 9.65. The van der Waals surface area contributed by atoms with Gasteiger partial charge in [-0.15, -0.1) is 0 Å². The van der Waals surface area contributed by atoms with Crippen molar-refractivity contribution in [3.05, 3.63) is 246 Å². The normalized spacial score (nSPS) is 13.9. The smallest absolute Gasteiger partial charge is 0.266 e. The van der Waals surface area contributed by atoms with E-state index in [-0.39, 0.29) is 32.5 Å². The molecule has 128 heavy (non-hydrogen) atoms.